The summed E-state index contributed by atoms with van der Waals surface area (Å²) in [7, 11) is 0. The molecular formula is C9H13N3O6. The quantitative estimate of drug-likeness (QED) is 0.380. The Balaban J connectivity index is 2.39. The van der Waals surface area contributed by atoms with Gasteiger partial charge >= 0.3 is 5.69 Å². The van der Waals surface area contributed by atoms with E-state index in [1.165, 1.54) is 0 Å². The fourth-order valence-corrected chi connectivity index (χ4v) is 1.76. The maximum absolute atomic E-state index is 11.6. The van der Waals surface area contributed by atoms with Gasteiger partial charge in [0, 0.05) is 0 Å². The lowest BCUT2D eigenvalue weighted by Crippen LogP contribution is -2.36. The normalized spacial score (nSPS) is 31.7. The highest BCUT2D eigenvalue weighted by atomic mass is 16.6. The lowest BCUT2D eigenvalue weighted by molar-refractivity contribution is -0.0551. The Morgan fingerprint density at radius 1 is 1.44 bits per heavy atom. The molecule has 1 aromatic heterocycles. The molecule has 18 heavy (non-hydrogen) atoms. The van der Waals surface area contributed by atoms with Gasteiger partial charge in [-0.1, -0.05) is 0 Å². The first-order valence-electron chi connectivity index (χ1n) is 5.15. The van der Waals surface area contributed by atoms with Crippen LogP contribution in [0.5, 0.6) is 5.75 Å². The van der Waals surface area contributed by atoms with Crippen LogP contribution < -0.4 is 11.4 Å². The number of aliphatic hydroxyl groups is 3. The highest BCUT2D eigenvalue weighted by Crippen LogP contribution is 2.29. The summed E-state index contributed by atoms with van der Waals surface area (Å²) in [5, 5.41) is 37.5. The Morgan fingerprint density at radius 3 is 2.67 bits per heavy atom. The average molecular weight is 259 g/mol. The molecular weight excluding hydrogens is 246 g/mol. The zero-order chi connectivity index (χ0) is 13.4. The van der Waals surface area contributed by atoms with Gasteiger partial charge in [0.15, 0.2) is 17.8 Å². The number of nitrogens with zero attached hydrogens (tertiary/aromatic N) is 2. The van der Waals surface area contributed by atoms with Crippen molar-refractivity contribution in [1.29, 1.82) is 0 Å². The molecule has 2 heterocycles. The van der Waals surface area contributed by atoms with Gasteiger partial charge in [-0.15, -0.1) is 0 Å². The van der Waals surface area contributed by atoms with Crippen LogP contribution in [0, 0.1) is 0 Å². The third-order valence-corrected chi connectivity index (χ3v) is 2.75. The van der Waals surface area contributed by atoms with Crippen LogP contribution >= 0.6 is 0 Å². The van der Waals surface area contributed by atoms with Crippen molar-refractivity contribution in [2.24, 2.45) is 0 Å². The summed E-state index contributed by atoms with van der Waals surface area (Å²) >= 11 is 0. The van der Waals surface area contributed by atoms with Crippen molar-refractivity contribution in [3.8, 4) is 5.75 Å². The Kier molecular flexibility index (Phi) is 3.22. The van der Waals surface area contributed by atoms with E-state index in [2.05, 4.69) is 4.98 Å². The predicted octanol–water partition coefficient (Wildman–Crippen LogP) is -2.86. The summed E-state index contributed by atoms with van der Waals surface area (Å²) in [5.74, 6) is -0.796. The fourth-order valence-electron chi connectivity index (χ4n) is 1.76. The molecule has 0 spiro atoms. The fraction of sp³-hybridized carbons (Fsp3) is 0.556. The molecule has 100 valence electrons. The molecule has 0 aliphatic carbocycles. The summed E-state index contributed by atoms with van der Waals surface area (Å²) in [6, 6.07) is 0. The van der Waals surface area contributed by atoms with Gasteiger partial charge in [0.05, 0.1) is 12.8 Å². The third kappa shape index (κ3) is 1.93. The van der Waals surface area contributed by atoms with Crippen molar-refractivity contribution in [3.63, 3.8) is 0 Å². The first-order valence-corrected chi connectivity index (χ1v) is 5.15. The van der Waals surface area contributed by atoms with Gasteiger partial charge in [-0.25, -0.2) is 4.79 Å². The number of anilines is 1. The largest absolute Gasteiger partial charge is 0.503 e. The van der Waals surface area contributed by atoms with Gasteiger partial charge in [-0.2, -0.15) is 4.98 Å². The Hall–Kier alpha value is -1.68. The number of hydrogen-bond donors (Lipinski definition) is 5. The van der Waals surface area contributed by atoms with E-state index >= 15 is 0 Å². The molecule has 1 aromatic rings. The number of ether oxygens (including phenoxy) is 1. The van der Waals surface area contributed by atoms with E-state index in [0.717, 1.165) is 10.8 Å². The van der Waals surface area contributed by atoms with Gasteiger partial charge in [0.1, 0.15) is 18.3 Å². The summed E-state index contributed by atoms with van der Waals surface area (Å²) < 4.78 is 5.92. The van der Waals surface area contributed by atoms with E-state index in [-0.39, 0.29) is 5.82 Å². The standard InChI is InChI=1S/C9H13N3O6/c10-7-3(14)1-12(9(17)11-7)8-6(16)5(15)4(2-13)18-8/h1,4-6,8,13-16H,2H2,(H2,10,11,17)/t4-,5?,6?,8-/m1/s1. The predicted molar refractivity (Wildman–Crippen MR) is 57.6 cm³/mol. The third-order valence-electron chi connectivity index (χ3n) is 2.75. The van der Waals surface area contributed by atoms with Crippen LogP contribution in [0.15, 0.2) is 11.0 Å². The second kappa shape index (κ2) is 4.53. The SMILES string of the molecule is Nc1nc(=O)n([C@@H]2O[C@H](CO)C(O)C2O)cc1O. The molecule has 0 amide bonds. The molecule has 9 nitrogen and oxygen atoms in total. The van der Waals surface area contributed by atoms with Crippen LogP contribution in [-0.2, 0) is 4.74 Å². The molecule has 0 bridgehead atoms. The minimum absolute atomic E-state index is 0.344. The van der Waals surface area contributed by atoms with Crippen molar-refractivity contribution in [3.05, 3.63) is 16.7 Å². The molecule has 1 fully saturated rings. The van der Waals surface area contributed by atoms with Crippen molar-refractivity contribution < 1.29 is 25.2 Å². The lowest BCUT2D eigenvalue weighted by atomic mass is 10.1. The van der Waals surface area contributed by atoms with Crippen molar-refractivity contribution in [2.45, 2.75) is 24.5 Å². The highest BCUT2D eigenvalue weighted by molar-refractivity contribution is 5.41. The van der Waals surface area contributed by atoms with Crippen LogP contribution in [0.4, 0.5) is 5.82 Å². The minimum Gasteiger partial charge on any atom is -0.503 e. The van der Waals surface area contributed by atoms with E-state index in [4.69, 9.17) is 15.6 Å². The second-order valence-corrected chi connectivity index (χ2v) is 3.93. The summed E-state index contributed by atoms with van der Waals surface area (Å²) in [6.07, 6.45) is -4.08. The Bertz CT molecular complexity index is 504. The topological polar surface area (TPSA) is 151 Å². The molecule has 2 unspecified atom stereocenters. The lowest BCUT2D eigenvalue weighted by Gasteiger charge is -2.17. The molecule has 0 aromatic carbocycles. The number of aliphatic hydroxyl groups excluding tert-OH is 3. The summed E-state index contributed by atoms with van der Waals surface area (Å²) in [5.41, 5.74) is 4.39. The maximum Gasteiger partial charge on any atom is 0.351 e. The smallest absolute Gasteiger partial charge is 0.351 e. The Labute approximate surface area is 101 Å². The van der Waals surface area contributed by atoms with E-state index in [1.54, 1.807) is 0 Å². The zero-order valence-electron chi connectivity index (χ0n) is 9.17. The minimum atomic E-state index is -1.43. The molecule has 1 aliphatic rings. The number of nitrogen functional groups attached to an aromatic ring is 1. The molecule has 1 saturated heterocycles. The zero-order valence-corrected chi connectivity index (χ0v) is 9.17. The molecule has 4 atom stereocenters. The van der Waals surface area contributed by atoms with Crippen LogP contribution in [-0.4, -0.2) is 54.9 Å². The van der Waals surface area contributed by atoms with E-state index in [9.17, 15) is 20.1 Å². The van der Waals surface area contributed by atoms with Gasteiger partial charge in [0.25, 0.3) is 0 Å². The van der Waals surface area contributed by atoms with Crippen LogP contribution in [0.3, 0.4) is 0 Å². The molecule has 6 N–H and O–H groups in total. The number of hydrogen-bond acceptors (Lipinski definition) is 8. The van der Waals surface area contributed by atoms with Crippen molar-refractivity contribution in [2.75, 3.05) is 12.3 Å². The van der Waals surface area contributed by atoms with E-state index < -0.39 is 42.6 Å². The van der Waals surface area contributed by atoms with Gasteiger partial charge < -0.3 is 30.9 Å². The van der Waals surface area contributed by atoms with Crippen LogP contribution in [0.1, 0.15) is 6.23 Å². The Morgan fingerprint density at radius 2 is 2.11 bits per heavy atom. The maximum atomic E-state index is 11.6. The number of aromatic hydroxyl groups is 1. The van der Waals surface area contributed by atoms with Gasteiger partial charge in [0.2, 0.25) is 0 Å². The van der Waals surface area contributed by atoms with Gasteiger partial charge in [-0.3, -0.25) is 4.57 Å². The number of aromatic nitrogens is 2. The van der Waals surface area contributed by atoms with Crippen molar-refractivity contribution in [1.82, 2.24) is 9.55 Å². The number of nitrogens with two attached hydrogens (primary N) is 1. The average Bonchev–Trinajstić information content (AvgIpc) is 2.61. The van der Waals surface area contributed by atoms with E-state index in [1.807, 2.05) is 0 Å². The molecule has 0 saturated carbocycles. The van der Waals surface area contributed by atoms with E-state index in [0.29, 0.717) is 0 Å². The number of rotatable bonds is 2. The molecule has 9 heteroatoms. The van der Waals surface area contributed by atoms with Crippen molar-refractivity contribution >= 4 is 5.82 Å². The highest BCUT2D eigenvalue weighted by Gasteiger charge is 2.43. The monoisotopic (exact) mass is 259 g/mol. The summed E-state index contributed by atoms with van der Waals surface area (Å²) in [6.45, 7) is -0.516. The molecule has 0 radical (unpaired) electrons. The molecule has 1 aliphatic heterocycles. The first kappa shape index (κ1) is 12.8. The molecule has 2 rings (SSSR count). The van der Waals surface area contributed by atoms with Crippen LogP contribution in [0.25, 0.3) is 0 Å². The second-order valence-electron chi connectivity index (χ2n) is 3.93. The van der Waals surface area contributed by atoms with Crippen LogP contribution in [0.2, 0.25) is 0 Å². The summed E-state index contributed by atoms with van der Waals surface area (Å²) in [4.78, 5) is 14.9. The van der Waals surface area contributed by atoms with Gasteiger partial charge in [-0.05, 0) is 0 Å². The first-order chi connectivity index (χ1) is 8.45.